The average Bonchev–Trinajstić information content (AvgIpc) is 2.71. The molecule has 1 aliphatic carbocycles. The smallest absolute Gasteiger partial charge is 0.250 e. The second kappa shape index (κ2) is 9.50. The number of aryl methyl sites for hydroxylation is 1. The van der Waals surface area contributed by atoms with E-state index in [4.69, 9.17) is 9.16 Å². The molecule has 0 spiro atoms. The molecule has 2 atom stereocenters. The molecular formula is C27H44O2Si. The van der Waals surface area contributed by atoms with Crippen molar-refractivity contribution in [1.29, 1.82) is 0 Å². The van der Waals surface area contributed by atoms with E-state index in [0.717, 1.165) is 17.9 Å². The van der Waals surface area contributed by atoms with Crippen LogP contribution in [0.2, 0.25) is 18.1 Å². The standard InChI is InChI=1S/C27H44O2Si/c1-8-12-13-14-21-18-24-26(25(19-21)29-30(9-2,10-3)11-4)22-17-20(5)15-16-23(22)27(6,7)28-24/h17-19,22-23H,8-16H2,1-7H3. The topological polar surface area (TPSA) is 18.5 Å². The zero-order chi connectivity index (χ0) is 21.9. The number of ether oxygens (including phenoxy) is 1. The van der Waals surface area contributed by atoms with E-state index < -0.39 is 8.32 Å². The summed E-state index contributed by atoms with van der Waals surface area (Å²) >= 11 is 0. The van der Waals surface area contributed by atoms with E-state index in [-0.39, 0.29) is 5.60 Å². The second-order valence-corrected chi connectivity index (χ2v) is 14.9. The van der Waals surface area contributed by atoms with Crippen LogP contribution in [0.4, 0.5) is 0 Å². The van der Waals surface area contributed by atoms with Crippen LogP contribution in [-0.4, -0.2) is 13.9 Å². The maximum atomic E-state index is 7.08. The lowest BCUT2D eigenvalue weighted by molar-refractivity contribution is 0.0110. The Labute approximate surface area is 186 Å². The van der Waals surface area contributed by atoms with Gasteiger partial charge in [-0.15, -0.1) is 0 Å². The molecule has 2 unspecified atom stereocenters. The Morgan fingerprint density at radius 3 is 2.40 bits per heavy atom. The van der Waals surface area contributed by atoms with Gasteiger partial charge in [0.05, 0.1) is 0 Å². The van der Waals surface area contributed by atoms with Crippen molar-refractivity contribution in [2.45, 2.75) is 117 Å². The first-order chi connectivity index (χ1) is 14.3. The van der Waals surface area contributed by atoms with Gasteiger partial charge in [0, 0.05) is 17.4 Å². The van der Waals surface area contributed by atoms with Crippen LogP contribution in [-0.2, 0) is 6.42 Å². The number of unbranched alkanes of at least 4 members (excludes halogenated alkanes) is 2. The minimum absolute atomic E-state index is 0.136. The molecule has 3 heteroatoms. The summed E-state index contributed by atoms with van der Waals surface area (Å²) in [5.41, 5.74) is 4.10. The highest BCUT2D eigenvalue weighted by Crippen LogP contribution is 2.54. The predicted molar refractivity (Wildman–Crippen MR) is 131 cm³/mol. The Kier molecular flexibility index (Phi) is 7.43. The van der Waals surface area contributed by atoms with Crippen molar-refractivity contribution in [3.63, 3.8) is 0 Å². The van der Waals surface area contributed by atoms with Gasteiger partial charge in [0.15, 0.2) is 0 Å². The molecule has 1 aliphatic heterocycles. The molecule has 0 aromatic heterocycles. The SMILES string of the molecule is CCCCCc1cc2c(c(O[Si](CC)(CC)CC)c1)C1C=C(C)CCC1C(C)(C)O2. The first-order valence-corrected chi connectivity index (χ1v) is 15.0. The van der Waals surface area contributed by atoms with Gasteiger partial charge in [0.2, 0.25) is 8.32 Å². The first kappa shape index (κ1) is 23.4. The molecule has 1 aromatic carbocycles. The molecule has 0 fully saturated rings. The van der Waals surface area contributed by atoms with E-state index >= 15 is 0 Å². The minimum Gasteiger partial charge on any atom is -0.543 e. The number of allylic oxidation sites excluding steroid dienone is 2. The fraction of sp³-hybridized carbons (Fsp3) is 0.704. The monoisotopic (exact) mass is 428 g/mol. The van der Waals surface area contributed by atoms with Gasteiger partial charge in [0.25, 0.3) is 0 Å². The molecular weight excluding hydrogens is 384 g/mol. The van der Waals surface area contributed by atoms with Crippen LogP contribution in [0.25, 0.3) is 0 Å². The van der Waals surface area contributed by atoms with E-state index in [2.05, 4.69) is 66.7 Å². The lowest BCUT2D eigenvalue weighted by Gasteiger charge is -2.47. The number of fused-ring (bicyclic) bond motifs is 3. The number of hydrogen-bond donors (Lipinski definition) is 0. The molecule has 0 radical (unpaired) electrons. The summed E-state index contributed by atoms with van der Waals surface area (Å²) in [6.07, 6.45) is 9.80. The number of rotatable bonds is 9. The van der Waals surface area contributed by atoms with Crippen LogP contribution in [0, 0.1) is 5.92 Å². The van der Waals surface area contributed by atoms with Gasteiger partial charge in [-0.25, -0.2) is 0 Å². The number of benzene rings is 1. The molecule has 168 valence electrons. The maximum Gasteiger partial charge on any atom is 0.250 e. The van der Waals surface area contributed by atoms with Gasteiger partial charge >= 0.3 is 0 Å². The lowest BCUT2D eigenvalue weighted by atomic mass is 9.68. The minimum atomic E-state index is -1.76. The van der Waals surface area contributed by atoms with Gasteiger partial charge in [-0.2, -0.15) is 0 Å². The van der Waals surface area contributed by atoms with Crippen molar-refractivity contribution in [3.05, 3.63) is 34.9 Å². The molecule has 2 aliphatic rings. The summed E-state index contributed by atoms with van der Waals surface area (Å²) in [5, 5.41) is 0. The lowest BCUT2D eigenvalue weighted by Crippen LogP contribution is -2.46. The van der Waals surface area contributed by atoms with Crippen molar-refractivity contribution < 1.29 is 9.16 Å². The highest BCUT2D eigenvalue weighted by atomic mass is 28.4. The van der Waals surface area contributed by atoms with Crippen LogP contribution in [0.3, 0.4) is 0 Å². The van der Waals surface area contributed by atoms with E-state index in [1.165, 1.54) is 66.9 Å². The Morgan fingerprint density at radius 2 is 1.77 bits per heavy atom. The molecule has 0 saturated heterocycles. The third kappa shape index (κ3) is 4.66. The van der Waals surface area contributed by atoms with Crippen LogP contribution in [0.5, 0.6) is 11.5 Å². The zero-order valence-corrected chi connectivity index (χ0v) is 21.6. The highest BCUT2D eigenvalue weighted by Gasteiger charge is 2.46. The second-order valence-electron chi connectivity index (χ2n) is 10.2. The summed E-state index contributed by atoms with van der Waals surface area (Å²) in [6.45, 7) is 16.1. The first-order valence-electron chi connectivity index (χ1n) is 12.5. The zero-order valence-electron chi connectivity index (χ0n) is 20.6. The van der Waals surface area contributed by atoms with Crippen LogP contribution in [0.15, 0.2) is 23.8 Å². The Hall–Kier alpha value is -1.22. The van der Waals surface area contributed by atoms with Gasteiger partial charge < -0.3 is 9.16 Å². The van der Waals surface area contributed by atoms with E-state index in [1.807, 2.05) is 0 Å². The van der Waals surface area contributed by atoms with Gasteiger partial charge in [0.1, 0.15) is 17.1 Å². The van der Waals surface area contributed by atoms with Gasteiger partial charge in [-0.3, -0.25) is 0 Å². The van der Waals surface area contributed by atoms with Crippen molar-refractivity contribution in [3.8, 4) is 11.5 Å². The molecule has 1 heterocycles. The van der Waals surface area contributed by atoms with E-state index in [1.54, 1.807) is 0 Å². The van der Waals surface area contributed by atoms with Crippen molar-refractivity contribution in [2.24, 2.45) is 5.92 Å². The van der Waals surface area contributed by atoms with E-state index in [9.17, 15) is 0 Å². The summed E-state index contributed by atoms with van der Waals surface area (Å²) in [7, 11) is -1.76. The Bertz CT molecular complexity index is 752. The van der Waals surface area contributed by atoms with Crippen molar-refractivity contribution >= 4 is 8.32 Å². The van der Waals surface area contributed by atoms with E-state index in [0.29, 0.717) is 11.8 Å². The third-order valence-electron chi connectivity index (χ3n) is 7.84. The van der Waals surface area contributed by atoms with Crippen LogP contribution < -0.4 is 9.16 Å². The fourth-order valence-corrected chi connectivity index (χ4v) is 8.14. The summed E-state index contributed by atoms with van der Waals surface area (Å²) in [4.78, 5) is 0. The molecule has 0 saturated carbocycles. The van der Waals surface area contributed by atoms with Crippen LogP contribution in [0.1, 0.15) is 97.6 Å². The molecule has 0 bridgehead atoms. The molecule has 2 nitrogen and oxygen atoms in total. The summed E-state index contributed by atoms with van der Waals surface area (Å²) < 4.78 is 13.8. The highest BCUT2D eigenvalue weighted by molar-refractivity contribution is 6.74. The summed E-state index contributed by atoms with van der Waals surface area (Å²) in [5.74, 6) is 3.16. The molecule has 30 heavy (non-hydrogen) atoms. The number of hydrogen-bond acceptors (Lipinski definition) is 2. The largest absolute Gasteiger partial charge is 0.543 e. The quantitative estimate of drug-likeness (QED) is 0.223. The van der Waals surface area contributed by atoms with Crippen molar-refractivity contribution in [1.82, 2.24) is 0 Å². The van der Waals surface area contributed by atoms with Gasteiger partial charge in [-0.05, 0) is 82.3 Å². The molecule has 1 aromatic rings. The molecule has 0 N–H and O–H groups in total. The predicted octanol–water partition coefficient (Wildman–Crippen LogP) is 8.41. The van der Waals surface area contributed by atoms with Crippen molar-refractivity contribution in [2.75, 3.05) is 0 Å². The van der Waals surface area contributed by atoms with Crippen LogP contribution >= 0.6 is 0 Å². The Morgan fingerprint density at radius 1 is 1.07 bits per heavy atom. The normalized spacial score (nSPS) is 22.6. The molecule has 0 amide bonds. The Balaban J connectivity index is 2.12. The maximum absolute atomic E-state index is 7.08. The van der Waals surface area contributed by atoms with Gasteiger partial charge in [-0.1, -0.05) is 52.2 Å². The average molecular weight is 429 g/mol. The third-order valence-corrected chi connectivity index (χ3v) is 12.4. The molecule has 3 rings (SSSR count). The summed E-state index contributed by atoms with van der Waals surface area (Å²) in [6, 6.07) is 8.23. The fourth-order valence-electron chi connectivity index (χ4n) is 5.57.